The molecule has 3 heterocycles. The predicted octanol–water partition coefficient (Wildman–Crippen LogP) is 1.96. The first kappa shape index (κ1) is 9.91. The molecule has 17 heavy (non-hydrogen) atoms. The van der Waals surface area contributed by atoms with Crippen LogP contribution in [0.5, 0.6) is 5.75 Å². The topological polar surface area (TPSA) is 40.0 Å². The fraction of sp³-hybridized carbons (Fsp3) is 0.417. The van der Waals surface area contributed by atoms with E-state index in [4.69, 9.17) is 14.3 Å². The average molecular weight is 296 g/mol. The molecule has 4 nitrogen and oxygen atoms in total. The van der Waals surface area contributed by atoms with E-state index in [2.05, 4.69) is 21.1 Å². The summed E-state index contributed by atoms with van der Waals surface area (Å²) in [7, 11) is 0. The van der Waals surface area contributed by atoms with Gasteiger partial charge in [0.15, 0.2) is 6.10 Å². The van der Waals surface area contributed by atoms with Gasteiger partial charge < -0.3 is 14.3 Å². The second kappa shape index (κ2) is 3.46. The van der Waals surface area contributed by atoms with Gasteiger partial charge in [-0.1, -0.05) is 21.1 Å². The Balaban J connectivity index is 1.87. The SMILES string of the molecule is Brc1ccc2c(c1)C1=NOC3COCC(O2)C13. The lowest BCUT2D eigenvalue weighted by Gasteiger charge is -2.36. The highest BCUT2D eigenvalue weighted by Gasteiger charge is 2.48. The van der Waals surface area contributed by atoms with Crippen LogP contribution in [-0.4, -0.2) is 31.1 Å². The molecule has 0 radical (unpaired) electrons. The molecule has 0 N–H and O–H groups in total. The molecule has 3 atom stereocenters. The van der Waals surface area contributed by atoms with Crippen LogP contribution in [0.25, 0.3) is 0 Å². The summed E-state index contributed by atoms with van der Waals surface area (Å²) in [5.74, 6) is 1.08. The number of rotatable bonds is 0. The second-order valence-corrected chi connectivity index (χ2v) is 5.40. The van der Waals surface area contributed by atoms with Crippen molar-refractivity contribution >= 4 is 21.6 Å². The number of hydrogen-bond donors (Lipinski definition) is 0. The van der Waals surface area contributed by atoms with Gasteiger partial charge in [-0.2, -0.15) is 0 Å². The molecule has 0 saturated carbocycles. The van der Waals surface area contributed by atoms with Crippen molar-refractivity contribution in [1.82, 2.24) is 0 Å². The van der Waals surface area contributed by atoms with Crippen LogP contribution in [0.15, 0.2) is 27.8 Å². The van der Waals surface area contributed by atoms with Crippen molar-refractivity contribution in [3.05, 3.63) is 28.2 Å². The monoisotopic (exact) mass is 295 g/mol. The number of oxime groups is 1. The minimum absolute atomic E-state index is 0.0101. The van der Waals surface area contributed by atoms with Crippen LogP contribution in [0.4, 0.5) is 0 Å². The van der Waals surface area contributed by atoms with Gasteiger partial charge in [0.2, 0.25) is 0 Å². The highest BCUT2D eigenvalue weighted by atomic mass is 79.9. The number of nitrogens with zero attached hydrogens (tertiary/aromatic N) is 1. The number of halogens is 1. The normalized spacial score (nSPS) is 33.0. The summed E-state index contributed by atoms with van der Waals surface area (Å²) in [6.07, 6.45) is 0.0413. The molecule has 88 valence electrons. The zero-order valence-electron chi connectivity index (χ0n) is 8.93. The van der Waals surface area contributed by atoms with Crippen LogP contribution >= 0.6 is 15.9 Å². The third kappa shape index (κ3) is 1.35. The molecule has 0 spiro atoms. The molecule has 1 aromatic rings. The van der Waals surface area contributed by atoms with E-state index in [0.29, 0.717) is 13.2 Å². The summed E-state index contributed by atoms with van der Waals surface area (Å²) >= 11 is 3.47. The molecule has 0 amide bonds. The van der Waals surface area contributed by atoms with Gasteiger partial charge in [-0.3, -0.25) is 0 Å². The lowest BCUT2D eigenvalue weighted by Crippen LogP contribution is -2.50. The molecule has 0 aromatic heterocycles. The van der Waals surface area contributed by atoms with E-state index in [0.717, 1.165) is 21.5 Å². The van der Waals surface area contributed by atoms with Gasteiger partial charge in [-0.15, -0.1) is 0 Å². The Morgan fingerprint density at radius 1 is 1.24 bits per heavy atom. The van der Waals surface area contributed by atoms with Gasteiger partial charge in [-0.05, 0) is 18.2 Å². The van der Waals surface area contributed by atoms with E-state index in [1.165, 1.54) is 0 Å². The molecule has 0 aliphatic carbocycles. The van der Waals surface area contributed by atoms with Crippen LogP contribution in [0.2, 0.25) is 0 Å². The lowest BCUT2D eigenvalue weighted by atomic mass is 9.84. The Bertz CT molecular complexity index is 516. The number of benzene rings is 1. The summed E-state index contributed by atoms with van der Waals surface area (Å²) in [4.78, 5) is 5.44. The molecule has 5 heteroatoms. The van der Waals surface area contributed by atoms with E-state index < -0.39 is 0 Å². The van der Waals surface area contributed by atoms with E-state index >= 15 is 0 Å². The lowest BCUT2D eigenvalue weighted by molar-refractivity contribution is -0.0967. The summed E-state index contributed by atoms with van der Waals surface area (Å²) in [6.45, 7) is 1.21. The Morgan fingerprint density at radius 2 is 2.12 bits per heavy atom. The maximum Gasteiger partial charge on any atom is 0.162 e. The molecule has 3 aliphatic heterocycles. The van der Waals surface area contributed by atoms with Crippen LogP contribution in [0.1, 0.15) is 5.56 Å². The third-order valence-corrected chi connectivity index (χ3v) is 3.96. The quantitative estimate of drug-likeness (QED) is 0.735. The Hall–Kier alpha value is -1.07. The van der Waals surface area contributed by atoms with Crippen molar-refractivity contribution in [2.45, 2.75) is 12.2 Å². The molecule has 1 aromatic carbocycles. The highest BCUT2D eigenvalue weighted by Crippen LogP contribution is 2.40. The maximum atomic E-state index is 5.96. The van der Waals surface area contributed by atoms with Crippen LogP contribution in [-0.2, 0) is 9.57 Å². The summed E-state index contributed by atoms with van der Waals surface area (Å²) in [6, 6.07) is 5.96. The molecule has 3 unspecified atom stereocenters. The Morgan fingerprint density at radius 3 is 3.06 bits per heavy atom. The smallest absolute Gasteiger partial charge is 0.162 e. The molecule has 3 aliphatic rings. The molecule has 4 rings (SSSR count). The van der Waals surface area contributed by atoms with E-state index in [-0.39, 0.29) is 18.1 Å². The van der Waals surface area contributed by atoms with E-state index in [1.54, 1.807) is 0 Å². The average Bonchev–Trinajstić information content (AvgIpc) is 2.77. The first-order valence-corrected chi connectivity index (χ1v) is 6.40. The van der Waals surface area contributed by atoms with Crippen molar-refractivity contribution in [2.24, 2.45) is 11.1 Å². The molecule has 0 bridgehead atoms. The van der Waals surface area contributed by atoms with Crippen LogP contribution in [0.3, 0.4) is 0 Å². The zero-order valence-corrected chi connectivity index (χ0v) is 10.5. The summed E-state index contributed by atoms with van der Waals surface area (Å²) in [5, 5.41) is 4.22. The minimum Gasteiger partial charge on any atom is -0.486 e. The molecule has 1 saturated heterocycles. The third-order valence-electron chi connectivity index (χ3n) is 3.46. The maximum absolute atomic E-state index is 5.96. The first-order chi connectivity index (χ1) is 8.33. The van der Waals surface area contributed by atoms with Gasteiger partial charge >= 0.3 is 0 Å². The Labute approximate surface area is 107 Å². The van der Waals surface area contributed by atoms with Gasteiger partial charge in [-0.25, -0.2) is 0 Å². The summed E-state index contributed by atoms with van der Waals surface area (Å²) in [5.41, 5.74) is 2.04. The standard InChI is InChI=1S/C12H10BrNO3/c13-6-1-2-8-7(3-6)12-11-9(16-8)4-15-5-10(11)17-14-12/h1-3,9-11H,4-5H2. The van der Waals surface area contributed by atoms with Gasteiger partial charge in [0, 0.05) is 10.0 Å². The largest absolute Gasteiger partial charge is 0.486 e. The fourth-order valence-electron chi connectivity index (χ4n) is 2.68. The van der Waals surface area contributed by atoms with Crippen molar-refractivity contribution in [3.8, 4) is 5.75 Å². The van der Waals surface area contributed by atoms with Crippen molar-refractivity contribution < 1.29 is 14.3 Å². The molecular weight excluding hydrogens is 286 g/mol. The molecular formula is C12H10BrNO3. The van der Waals surface area contributed by atoms with Crippen molar-refractivity contribution in [2.75, 3.05) is 13.2 Å². The summed E-state index contributed by atoms with van der Waals surface area (Å²) < 4.78 is 12.5. The van der Waals surface area contributed by atoms with E-state index in [9.17, 15) is 0 Å². The van der Waals surface area contributed by atoms with Gasteiger partial charge in [0.25, 0.3) is 0 Å². The van der Waals surface area contributed by atoms with Crippen LogP contribution in [0, 0.1) is 5.92 Å². The number of ether oxygens (including phenoxy) is 2. The van der Waals surface area contributed by atoms with Crippen molar-refractivity contribution in [1.29, 1.82) is 0 Å². The number of fused-ring (bicyclic) bond motifs is 2. The first-order valence-electron chi connectivity index (χ1n) is 5.61. The number of hydrogen-bond acceptors (Lipinski definition) is 4. The second-order valence-electron chi connectivity index (χ2n) is 4.48. The Kier molecular flexibility index (Phi) is 2.02. The zero-order chi connectivity index (χ0) is 11.4. The van der Waals surface area contributed by atoms with Crippen LogP contribution < -0.4 is 4.74 Å². The predicted molar refractivity (Wildman–Crippen MR) is 64.3 cm³/mol. The van der Waals surface area contributed by atoms with Crippen molar-refractivity contribution in [3.63, 3.8) is 0 Å². The van der Waals surface area contributed by atoms with Gasteiger partial charge in [0.1, 0.15) is 17.6 Å². The minimum atomic E-state index is 0.0101. The van der Waals surface area contributed by atoms with E-state index in [1.807, 2.05) is 18.2 Å². The molecule has 1 fully saturated rings. The van der Waals surface area contributed by atoms with Gasteiger partial charge in [0.05, 0.1) is 19.1 Å². The fourth-order valence-corrected chi connectivity index (χ4v) is 3.05. The highest BCUT2D eigenvalue weighted by molar-refractivity contribution is 9.10.